The average Bonchev–Trinajstić information content (AvgIpc) is 2.85. The SMILES string of the molecule is COC(=O)c1ccc(-c2cnc3nc(C)cn3c2)cn1. The first-order valence-electron chi connectivity index (χ1n) is 6.03. The summed E-state index contributed by atoms with van der Waals surface area (Å²) in [6.45, 7) is 1.92. The molecule has 3 heterocycles. The Morgan fingerprint density at radius 3 is 2.65 bits per heavy atom. The number of imidazole rings is 1. The van der Waals surface area contributed by atoms with Gasteiger partial charge in [-0.3, -0.25) is 4.40 Å². The molecule has 0 saturated heterocycles. The number of aromatic nitrogens is 4. The monoisotopic (exact) mass is 268 g/mol. The lowest BCUT2D eigenvalue weighted by atomic mass is 10.1. The van der Waals surface area contributed by atoms with Gasteiger partial charge in [0.25, 0.3) is 0 Å². The summed E-state index contributed by atoms with van der Waals surface area (Å²) in [6.07, 6.45) is 7.19. The molecule has 0 bridgehead atoms. The van der Waals surface area contributed by atoms with Crippen molar-refractivity contribution in [1.82, 2.24) is 19.4 Å². The molecule has 0 aromatic carbocycles. The standard InChI is InChI=1S/C14H12N4O2/c1-9-7-18-8-11(6-16-14(18)17-9)10-3-4-12(15-5-10)13(19)20-2/h3-8H,1-2H3. The number of carbonyl (C=O) groups excluding carboxylic acids is 1. The highest BCUT2D eigenvalue weighted by molar-refractivity contribution is 5.87. The first-order chi connectivity index (χ1) is 9.67. The minimum atomic E-state index is -0.449. The van der Waals surface area contributed by atoms with Gasteiger partial charge in [0.05, 0.1) is 12.8 Å². The molecule has 6 nitrogen and oxygen atoms in total. The van der Waals surface area contributed by atoms with Crippen molar-refractivity contribution in [3.63, 3.8) is 0 Å². The van der Waals surface area contributed by atoms with E-state index in [0.717, 1.165) is 16.8 Å². The van der Waals surface area contributed by atoms with Gasteiger partial charge in [-0.25, -0.2) is 19.7 Å². The zero-order valence-electron chi connectivity index (χ0n) is 11.1. The first-order valence-corrected chi connectivity index (χ1v) is 6.03. The molecule has 3 rings (SSSR count). The van der Waals surface area contributed by atoms with Gasteiger partial charge in [0, 0.05) is 35.9 Å². The summed E-state index contributed by atoms with van der Waals surface area (Å²) in [7, 11) is 1.33. The zero-order chi connectivity index (χ0) is 14.1. The normalized spacial score (nSPS) is 10.7. The number of methoxy groups -OCH3 is 1. The van der Waals surface area contributed by atoms with E-state index in [1.54, 1.807) is 18.5 Å². The molecule has 3 aromatic heterocycles. The Morgan fingerprint density at radius 2 is 1.95 bits per heavy atom. The highest BCUT2D eigenvalue weighted by Crippen LogP contribution is 2.18. The van der Waals surface area contributed by atoms with Gasteiger partial charge in [-0.2, -0.15) is 0 Å². The maximum absolute atomic E-state index is 11.3. The van der Waals surface area contributed by atoms with Gasteiger partial charge in [0.1, 0.15) is 5.69 Å². The number of rotatable bonds is 2. The van der Waals surface area contributed by atoms with E-state index in [1.807, 2.05) is 29.8 Å². The van der Waals surface area contributed by atoms with Crippen molar-refractivity contribution in [3.8, 4) is 11.1 Å². The molecule has 20 heavy (non-hydrogen) atoms. The molecule has 0 saturated carbocycles. The Balaban J connectivity index is 1.99. The van der Waals surface area contributed by atoms with Crippen LogP contribution in [0.25, 0.3) is 16.9 Å². The third-order valence-corrected chi connectivity index (χ3v) is 2.92. The Morgan fingerprint density at radius 1 is 1.15 bits per heavy atom. The molecule has 0 amide bonds. The fraction of sp³-hybridized carbons (Fsp3) is 0.143. The summed E-state index contributed by atoms with van der Waals surface area (Å²) in [5.74, 6) is 0.209. The van der Waals surface area contributed by atoms with E-state index < -0.39 is 5.97 Å². The van der Waals surface area contributed by atoms with Crippen LogP contribution in [0.5, 0.6) is 0 Å². The molecule has 0 unspecified atom stereocenters. The Kier molecular flexibility index (Phi) is 2.90. The van der Waals surface area contributed by atoms with Crippen LogP contribution in [0.2, 0.25) is 0 Å². The third-order valence-electron chi connectivity index (χ3n) is 2.92. The van der Waals surface area contributed by atoms with Crippen molar-refractivity contribution in [2.45, 2.75) is 6.92 Å². The van der Waals surface area contributed by atoms with Crippen LogP contribution in [0.15, 0.2) is 36.9 Å². The van der Waals surface area contributed by atoms with Gasteiger partial charge in [0.15, 0.2) is 0 Å². The van der Waals surface area contributed by atoms with E-state index in [1.165, 1.54) is 7.11 Å². The lowest BCUT2D eigenvalue weighted by Gasteiger charge is -2.03. The van der Waals surface area contributed by atoms with Crippen molar-refractivity contribution >= 4 is 11.7 Å². The fourth-order valence-electron chi connectivity index (χ4n) is 1.94. The predicted octanol–water partition coefficient (Wildman–Crippen LogP) is 1.89. The minimum Gasteiger partial charge on any atom is -0.464 e. The van der Waals surface area contributed by atoms with Gasteiger partial charge in [-0.05, 0) is 13.0 Å². The van der Waals surface area contributed by atoms with Gasteiger partial charge in [-0.15, -0.1) is 0 Å². The average molecular weight is 268 g/mol. The predicted molar refractivity (Wildman–Crippen MR) is 72.3 cm³/mol. The van der Waals surface area contributed by atoms with Crippen LogP contribution < -0.4 is 0 Å². The number of fused-ring (bicyclic) bond motifs is 1. The number of esters is 1. The van der Waals surface area contributed by atoms with Crippen LogP contribution in [0.3, 0.4) is 0 Å². The maximum Gasteiger partial charge on any atom is 0.356 e. The van der Waals surface area contributed by atoms with Crippen LogP contribution in [-0.4, -0.2) is 32.4 Å². The van der Waals surface area contributed by atoms with Crippen molar-refractivity contribution in [3.05, 3.63) is 48.3 Å². The lowest BCUT2D eigenvalue weighted by Crippen LogP contribution is -2.03. The van der Waals surface area contributed by atoms with Crippen molar-refractivity contribution < 1.29 is 9.53 Å². The molecule has 0 aliphatic rings. The van der Waals surface area contributed by atoms with E-state index in [2.05, 4.69) is 19.7 Å². The summed E-state index contributed by atoms with van der Waals surface area (Å²) in [4.78, 5) is 24.0. The van der Waals surface area contributed by atoms with E-state index >= 15 is 0 Å². The number of hydrogen-bond acceptors (Lipinski definition) is 5. The summed E-state index contributed by atoms with van der Waals surface area (Å²) >= 11 is 0. The van der Waals surface area contributed by atoms with Gasteiger partial charge >= 0.3 is 5.97 Å². The summed E-state index contributed by atoms with van der Waals surface area (Å²) < 4.78 is 6.48. The molecule has 0 spiro atoms. The zero-order valence-corrected chi connectivity index (χ0v) is 11.1. The molecule has 0 N–H and O–H groups in total. The molecular formula is C14H12N4O2. The fourth-order valence-corrected chi connectivity index (χ4v) is 1.94. The molecule has 6 heteroatoms. The van der Waals surface area contributed by atoms with Gasteiger partial charge < -0.3 is 4.74 Å². The number of hydrogen-bond donors (Lipinski definition) is 0. The molecule has 0 aliphatic heterocycles. The first kappa shape index (κ1) is 12.3. The Hall–Kier alpha value is -2.76. The van der Waals surface area contributed by atoms with Crippen molar-refractivity contribution in [2.24, 2.45) is 0 Å². The number of carbonyl (C=O) groups is 1. The van der Waals surface area contributed by atoms with Crippen molar-refractivity contribution in [1.29, 1.82) is 0 Å². The van der Waals surface area contributed by atoms with E-state index in [0.29, 0.717) is 5.78 Å². The van der Waals surface area contributed by atoms with Crippen LogP contribution in [0.1, 0.15) is 16.2 Å². The Bertz CT molecular complexity index is 777. The molecule has 0 atom stereocenters. The van der Waals surface area contributed by atoms with Crippen LogP contribution in [-0.2, 0) is 4.74 Å². The Labute approximate surface area is 115 Å². The second-order valence-electron chi connectivity index (χ2n) is 4.36. The number of ether oxygens (including phenoxy) is 1. The van der Waals surface area contributed by atoms with Gasteiger partial charge in [-0.1, -0.05) is 6.07 Å². The highest BCUT2D eigenvalue weighted by atomic mass is 16.5. The second-order valence-corrected chi connectivity index (χ2v) is 4.36. The quantitative estimate of drug-likeness (QED) is 0.664. The number of pyridine rings is 1. The van der Waals surface area contributed by atoms with Crippen LogP contribution in [0, 0.1) is 6.92 Å². The smallest absolute Gasteiger partial charge is 0.356 e. The number of aryl methyl sites for hydroxylation is 1. The number of nitrogens with zero attached hydrogens (tertiary/aromatic N) is 4. The maximum atomic E-state index is 11.3. The van der Waals surface area contributed by atoms with Gasteiger partial charge in [0.2, 0.25) is 5.78 Å². The second kappa shape index (κ2) is 4.73. The molecule has 3 aromatic rings. The molecule has 100 valence electrons. The van der Waals surface area contributed by atoms with E-state index in [4.69, 9.17) is 0 Å². The molecule has 0 radical (unpaired) electrons. The topological polar surface area (TPSA) is 69.4 Å². The third kappa shape index (κ3) is 2.11. The van der Waals surface area contributed by atoms with Crippen molar-refractivity contribution in [2.75, 3.05) is 7.11 Å². The summed E-state index contributed by atoms with van der Waals surface area (Å²) in [5, 5.41) is 0. The molecular weight excluding hydrogens is 256 g/mol. The van der Waals surface area contributed by atoms with E-state index in [9.17, 15) is 4.79 Å². The van der Waals surface area contributed by atoms with Crippen LogP contribution in [0.4, 0.5) is 0 Å². The minimum absolute atomic E-state index is 0.281. The molecule has 0 aliphatic carbocycles. The lowest BCUT2D eigenvalue weighted by molar-refractivity contribution is 0.0594. The summed E-state index contributed by atoms with van der Waals surface area (Å²) in [5.41, 5.74) is 2.97. The highest BCUT2D eigenvalue weighted by Gasteiger charge is 2.08. The van der Waals surface area contributed by atoms with Crippen LogP contribution >= 0.6 is 0 Å². The molecule has 0 fully saturated rings. The van der Waals surface area contributed by atoms with E-state index in [-0.39, 0.29) is 5.69 Å². The largest absolute Gasteiger partial charge is 0.464 e. The summed E-state index contributed by atoms with van der Waals surface area (Å²) in [6, 6.07) is 3.44.